The van der Waals surface area contributed by atoms with Gasteiger partial charge in [0, 0.05) is 33.7 Å². The second-order valence-electron chi connectivity index (χ2n) is 6.02. The van der Waals surface area contributed by atoms with E-state index in [9.17, 15) is 9.59 Å². The van der Waals surface area contributed by atoms with Gasteiger partial charge in [-0.1, -0.05) is 36.7 Å². The highest BCUT2D eigenvalue weighted by Crippen LogP contribution is 2.19. The van der Waals surface area contributed by atoms with E-state index >= 15 is 0 Å². The van der Waals surface area contributed by atoms with E-state index in [0.29, 0.717) is 27.0 Å². The molecule has 5 heteroatoms. The molecule has 1 heterocycles. The molecule has 1 atom stereocenters. The van der Waals surface area contributed by atoms with Crippen molar-refractivity contribution in [2.45, 2.75) is 26.3 Å². The molecule has 1 N–H and O–H groups in total. The average molecular weight is 355 g/mol. The van der Waals surface area contributed by atoms with Crippen molar-refractivity contribution in [2.24, 2.45) is 0 Å². The van der Waals surface area contributed by atoms with E-state index in [0.717, 1.165) is 6.42 Å². The molecule has 0 bridgehead atoms. The Labute approximate surface area is 151 Å². The lowest BCUT2D eigenvalue weighted by Crippen LogP contribution is -2.33. The maximum absolute atomic E-state index is 12.9. The summed E-state index contributed by atoms with van der Waals surface area (Å²) in [5, 5.41) is 4.72. The lowest BCUT2D eigenvalue weighted by atomic mass is 10.1. The Hall–Kier alpha value is -2.59. The highest BCUT2D eigenvalue weighted by Gasteiger charge is 2.16. The molecule has 0 radical (unpaired) electrons. The molecular weight excluding hydrogens is 336 g/mol. The second-order valence-corrected chi connectivity index (χ2v) is 6.46. The second kappa shape index (κ2) is 7.11. The number of nitrogens with one attached hydrogen (secondary N) is 1. The van der Waals surface area contributed by atoms with Crippen LogP contribution in [0.15, 0.2) is 59.5 Å². The first-order valence-corrected chi connectivity index (χ1v) is 8.60. The van der Waals surface area contributed by atoms with Crippen LogP contribution in [0.3, 0.4) is 0 Å². The number of hydrogen-bond donors (Lipinski definition) is 1. The van der Waals surface area contributed by atoms with Crippen LogP contribution in [-0.2, 0) is 0 Å². The van der Waals surface area contributed by atoms with Crippen molar-refractivity contribution < 1.29 is 4.79 Å². The number of pyridine rings is 1. The first-order chi connectivity index (χ1) is 12.0. The van der Waals surface area contributed by atoms with Gasteiger partial charge in [0.05, 0.1) is 5.56 Å². The van der Waals surface area contributed by atoms with Crippen LogP contribution in [0.5, 0.6) is 0 Å². The molecule has 1 amide bonds. The van der Waals surface area contributed by atoms with Crippen LogP contribution in [-0.4, -0.2) is 16.5 Å². The number of fused-ring (bicyclic) bond motifs is 1. The highest BCUT2D eigenvalue weighted by molar-refractivity contribution is 6.30. The number of nitrogens with zero attached hydrogens (tertiary/aromatic N) is 1. The molecule has 0 fully saturated rings. The van der Waals surface area contributed by atoms with Gasteiger partial charge in [-0.05, 0) is 43.7 Å². The number of benzene rings is 2. The zero-order valence-corrected chi connectivity index (χ0v) is 14.9. The smallest absolute Gasteiger partial charge is 0.262 e. The van der Waals surface area contributed by atoms with Crippen LogP contribution >= 0.6 is 11.6 Å². The highest BCUT2D eigenvalue weighted by atomic mass is 35.5. The van der Waals surface area contributed by atoms with Crippen molar-refractivity contribution in [3.05, 3.63) is 75.7 Å². The van der Waals surface area contributed by atoms with Gasteiger partial charge in [-0.15, -0.1) is 0 Å². The molecule has 3 aromatic rings. The van der Waals surface area contributed by atoms with E-state index < -0.39 is 0 Å². The summed E-state index contributed by atoms with van der Waals surface area (Å²) in [5.74, 6) is -0.187. The summed E-state index contributed by atoms with van der Waals surface area (Å²) >= 11 is 5.94. The number of aromatic nitrogens is 1. The van der Waals surface area contributed by atoms with E-state index in [-0.39, 0.29) is 17.5 Å². The predicted molar refractivity (Wildman–Crippen MR) is 102 cm³/mol. The molecule has 4 nitrogen and oxygen atoms in total. The van der Waals surface area contributed by atoms with E-state index in [1.807, 2.05) is 19.9 Å². The van der Waals surface area contributed by atoms with E-state index in [4.69, 9.17) is 11.6 Å². The topological polar surface area (TPSA) is 51.1 Å². The van der Waals surface area contributed by atoms with Gasteiger partial charge in [0.15, 0.2) is 0 Å². The maximum Gasteiger partial charge on any atom is 0.262 e. The lowest BCUT2D eigenvalue weighted by molar-refractivity contribution is 0.0940. The van der Waals surface area contributed by atoms with Crippen molar-refractivity contribution in [1.82, 2.24) is 9.88 Å². The summed E-state index contributed by atoms with van der Waals surface area (Å²) in [5.41, 5.74) is 0.973. The van der Waals surface area contributed by atoms with E-state index in [2.05, 4.69) is 5.32 Å². The molecule has 0 spiro atoms. The van der Waals surface area contributed by atoms with Gasteiger partial charge in [0.2, 0.25) is 0 Å². The molecule has 0 saturated heterocycles. The average Bonchev–Trinajstić information content (AvgIpc) is 2.63. The first-order valence-electron chi connectivity index (χ1n) is 8.22. The van der Waals surface area contributed by atoms with Crippen molar-refractivity contribution in [1.29, 1.82) is 0 Å². The van der Waals surface area contributed by atoms with Crippen LogP contribution in [0.4, 0.5) is 0 Å². The minimum absolute atomic E-state index is 0.0576. The fraction of sp³-hybridized carbons (Fsp3) is 0.200. The molecule has 1 unspecified atom stereocenters. The molecular formula is C20H19ClN2O2. The first kappa shape index (κ1) is 17.2. The third kappa shape index (κ3) is 3.44. The monoisotopic (exact) mass is 354 g/mol. The number of hydrogen-bond acceptors (Lipinski definition) is 2. The zero-order chi connectivity index (χ0) is 18.0. The molecule has 25 heavy (non-hydrogen) atoms. The Bertz CT molecular complexity index is 977. The molecule has 128 valence electrons. The summed E-state index contributed by atoms with van der Waals surface area (Å²) in [6.07, 6.45) is 2.44. The fourth-order valence-electron chi connectivity index (χ4n) is 2.67. The molecule has 0 aliphatic carbocycles. The number of amides is 1. The minimum atomic E-state index is -0.187. The van der Waals surface area contributed by atoms with Crippen LogP contribution in [0, 0.1) is 0 Å². The summed E-state index contributed by atoms with van der Waals surface area (Å²) in [6.45, 7) is 3.97. The molecule has 1 aromatic heterocycles. The Morgan fingerprint density at radius 1 is 1.12 bits per heavy atom. The Balaban J connectivity index is 2.22. The van der Waals surface area contributed by atoms with Crippen LogP contribution in [0.25, 0.3) is 16.5 Å². The Morgan fingerprint density at radius 2 is 1.76 bits per heavy atom. The molecule has 0 aliphatic rings. The summed E-state index contributed by atoms with van der Waals surface area (Å²) < 4.78 is 1.49. The van der Waals surface area contributed by atoms with Crippen LogP contribution in [0.2, 0.25) is 5.02 Å². The van der Waals surface area contributed by atoms with Crippen molar-refractivity contribution in [2.75, 3.05) is 0 Å². The largest absolute Gasteiger partial charge is 0.350 e. The van der Waals surface area contributed by atoms with Gasteiger partial charge < -0.3 is 5.32 Å². The predicted octanol–water partition coefficient (Wildman–Crippen LogP) is 4.17. The summed E-state index contributed by atoms with van der Waals surface area (Å²) in [6, 6.07) is 14.2. The van der Waals surface area contributed by atoms with Crippen LogP contribution in [0.1, 0.15) is 30.6 Å². The van der Waals surface area contributed by atoms with Crippen molar-refractivity contribution >= 4 is 28.3 Å². The quantitative estimate of drug-likeness (QED) is 0.764. The van der Waals surface area contributed by atoms with Gasteiger partial charge >= 0.3 is 0 Å². The molecule has 3 rings (SSSR count). The SMILES string of the molecule is CCC(C)NC(=O)c1cn(-c2ccc(Cl)cc2)c(=O)c2ccccc12. The molecule has 0 aliphatic heterocycles. The Kier molecular flexibility index (Phi) is 4.91. The minimum Gasteiger partial charge on any atom is -0.350 e. The van der Waals surface area contributed by atoms with E-state index in [1.165, 1.54) is 4.57 Å². The van der Waals surface area contributed by atoms with Gasteiger partial charge in [0.1, 0.15) is 0 Å². The van der Waals surface area contributed by atoms with Crippen LogP contribution < -0.4 is 10.9 Å². The van der Waals surface area contributed by atoms with Gasteiger partial charge in [-0.3, -0.25) is 14.2 Å². The van der Waals surface area contributed by atoms with Gasteiger partial charge in [-0.2, -0.15) is 0 Å². The summed E-state index contributed by atoms with van der Waals surface area (Å²) in [4.78, 5) is 25.6. The molecule has 0 saturated carbocycles. The van der Waals surface area contributed by atoms with Gasteiger partial charge in [0.25, 0.3) is 11.5 Å². The third-order valence-corrected chi connectivity index (χ3v) is 4.52. The maximum atomic E-state index is 12.9. The third-order valence-electron chi connectivity index (χ3n) is 4.26. The number of rotatable bonds is 4. The Morgan fingerprint density at radius 3 is 2.40 bits per heavy atom. The molecule has 2 aromatic carbocycles. The number of carbonyl (C=O) groups is 1. The van der Waals surface area contributed by atoms with E-state index in [1.54, 1.807) is 48.7 Å². The normalized spacial score (nSPS) is 12.1. The number of halogens is 1. The summed E-state index contributed by atoms with van der Waals surface area (Å²) in [7, 11) is 0. The van der Waals surface area contributed by atoms with Crippen molar-refractivity contribution in [3.8, 4) is 5.69 Å². The van der Waals surface area contributed by atoms with Crippen molar-refractivity contribution in [3.63, 3.8) is 0 Å². The standard InChI is InChI=1S/C20H19ClN2O2/c1-3-13(2)22-19(24)18-12-23(15-10-8-14(21)9-11-15)20(25)17-7-5-4-6-16(17)18/h4-13H,3H2,1-2H3,(H,22,24). The number of carbonyl (C=O) groups excluding carboxylic acids is 1. The lowest BCUT2D eigenvalue weighted by Gasteiger charge is -2.15. The zero-order valence-electron chi connectivity index (χ0n) is 14.1. The fourth-order valence-corrected chi connectivity index (χ4v) is 2.80. The van der Waals surface area contributed by atoms with Gasteiger partial charge in [-0.25, -0.2) is 0 Å².